The molecule has 1 heterocycles. The second kappa shape index (κ2) is 5.87. The number of benzene rings is 1. The minimum atomic E-state index is 0.674. The predicted molar refractivity (Wildman–Crippen MR) is 79.7 cm³/mol. The molecule has 0 radical (unpaired) electrons. The lowest BCUT2D eigenvalue weighted by Gasteiger charge is -2.15. The van der Waals surface area contributed by atoms with Crippen LogP contribution in [0, 0.1) is 6.92 Å². The van der Waals surface area contributed by atoms with Crippen LogP contribution in [0.4, 0.5) is 0 Å². The molecule has 19 heavy (non-hydrogen) atoms. The first-order valence-electron chi connectivity index (χ1n) is 6.83. The number of hydrogen-bond donors (Lipinski definition) is 0. The summed E-state index contributed by atoms with van der Waals surface area (Å²) in [6.45, 7) is 6.51. The molecule has 2 aromatic rings. The van der Waals surface area contributed by atoms with Crippen LogP contribution in [0.3, 0.4) is 0 Å². The number of rotatable bonds is 4. The van der Waals surface area contributed by atoms with Crippen molar-refractivity contribution in [2.45, 2.75) is 33.6 Å². The van der Waals surface area contributed by atoms with Crippen LogP contribution in [-0.2, 0) is 12.8 Å². The van der Waals surface area contributed by atoms with E-state index in [0.29, 0.717) is 5.88 Å². The average Bonchev–Trinajstić information content (AvgIpc) is 2.46. The molecule has 2 rings (SSSR count). The van der Waals surface area contributed by atoms with Gasteiger partial charge in [0.25, 0.3) is 0 Å². The topological polar surface area (TPSA) is 22.1 Å². The molecule has 1 aromatic heterocycles. The summed E-state index contributed by atoms with van der Waals surface area (Å²) in [5.41, 5.74) is 6.54. The maximum Gasteiger partial charge on any atom is 0.213 e. The van der Waals surface area contributed by atoms with Crippen LogP contribution in [0.25, 0.3) is 11.1 Å². The third kappa shape index (κ3) is 2.62. The molecule has 0 aliphatic rings. The highest BCUT2D eigenvalue weighted by Gasteiger charge is 2.12. The Kier molecular flexibility index (Phi) is 4.20. The van der Waals surface area contributed by atoms with Crippen molar-refractivity contribution < 1.29 is 4.74 Å². The Morgan fingerprint density at radius 3 is 2.21 bits per heavy atom. The molecule has 0 aliphatic heterocycles. The summed E-state index contributed by atoms with van der Waals surface area (Å²) in [6.07, 6.45) is 4.01. The van der Waals surface area contributed by atoms with E-state index in [2.05, 4.69) is 44.0 Å². The Morgan fingerprint density at radius 1 is 1.11 bits per heavy atom. The van der Waals surface area contributed by atoms with Crippen LogP contribution in [0.5, 0.6) is 5.88 Å². The lowest BCUT2D eigenvalue weighted by Crippen LogP contribution is -1.98. The molecule has 0 N–H and O–H groups in total. The van der Waals surface area contributed by atoms with Gasteiger partial charge in [0.1, 0.15) is 0 Å². The number of hydrogen-bond acceptors (Lipinski definition) is 2. The van der Waals surface area contributed by atoms with E-state index in [1.54, 1.807) is 7.11 Å². The first-order chi connectivity index (χ1) is 9.21. The van der Waals surface area contributed by atoms with Crippen LogP contribution < -0.4 is 4.74 Å². The zero-order valence-electron chi connectivity index (χ0n) is 12.2. The number of pyridine rings is 1. The van der Waals surface area contributed by atoms with Gasteiger partial charge >= 0.3 is 0 Å². The maximum absolute atomic E-state index is 5.19. The highest BCUT2D eigenvalue weighted by Crippen LogP contribution is 2.32. The Hall–Kier alpha value is -1.83. The molecule has 0 saturated carbocycles. The van der Waals surface area contributed by atoms with Gasteiger partial charge in [-0.15, -0.1) is 0 Å². The van der Waals surface area contributed by atoms with Crippen LogP contribution in [-0.4, -0.2) is 12.1 Å². The van der Waals surface area contributed by atoms with Gasteiger partial charge in [0.05, 0.1) is 7.11 Å². The SMILES string of the molecule is CCc1cccc(CC)c1-c1cnc(OC)cc1C. The lowest BCUT2D eigenvalue weighted by atomic mass is 9.91. The standard InChI is InChI=1S/C17H21NO/c1-5-13-8-7-9-14(6-2)17(13)15-11-18-16(19-4)10-12(15)3/h7-11H,5-6H2,1-4H3. The zero-order valence-corrected chi connectivity index (χ0v) is 12.2. The molecule has 0 saturated heterocycles. The lowest BCUT2D eigenvalue weighted by molar-refractivity contribution is 0.397. The summed E-state index contributed by atoms with van der Waals surface area (Å²) in [4.78, 5) is 4.36. The summed E-state index contributed by atoms with van der Waals surface area (Å²) < 4.78 is 5.19. The smallest absolute Gasteiger partial charge is 0.213 e. The van der Waals surface area contributed by atoms with Gasteiger partial charge in [0.2, 0.25) is 5.88 Å². The van der Waals surface area contributed by atoms with Gasteiger partial charge in [-0.25, -0.2) is 4.98 Å². The van der Waals surface area contributed by atoms with Crippen molar-refractivity contribution in [2.24, 2.45) is 0 Å². The number of aryl methyl sites for hydroxylation is 3. The van der Waals surface area contributed by atoms with Gasteiger partial charge < -0.3 is 4.74 Å². The van der Waals surface area contributed by atoms with Crippen LogP contribution in [0.1, 0.15) is 30.5 Å². The van der Waals surface area contributed by atoms with Gasteiger partial charge in [-0.1, -0.05) is 32.0 Å². The second-order valence-corrected chi connectivity index (χ2v) is 4.70. The predicted octanol–water partition coefficient (Wildman–Crippen LogP) is 4.19. The summed E-state index contributed by atoms with van der Waals surface area (Å²) >= 11 is 0. The largest absolute Gasteiger partial charge is 0.481 e. The van der Waals surface area contributed by atoms with Gasteiger partial charge in [0.15, 0.2) is 0 Å². The number of ether oxygens (including phenoxy) is 1. The van der Waals surface area contributed by atoms with Crippen molar-refractivity contribution in [3.05, 3.63) is 47.2 Å². The molecule has 0 spiro atoms. The number of methoxy groups -OCH3 is 1. The Morgan fingerprint density at radius 2 is 1.74 bits per heavy atom. The molecule has 1 aromatic carbocycles. The third-order valence-electron chi connectivity index (χ3n) is 3.56. The third-order valence-corrected chi connectivity index (χ3v) is 3.56. The molecule has 2 nitrogen and oxygen atoms in total. The van der Waals surface area contributed by atoms with Gasteiger partial charge in [-0.05, 0) is 42.0 Å². The average molecular weight is 255 g/mol. The van der Waals surface area contributed by atoms with Gasteiger partial charge in [-0.3, -0.25) is 0 Å². The van der Waals surface area contributed by atoms with E-state index in [4.69, 9.17) is 4.74 Å². The molecule has 0 aliphatic carbocycles. The van der Waals surface area contributed by atoms with Crippen molar-refractivity contribution in [2.75, 3.05) is 7.11 Å². The molecule has 0 fully saturated rings. The van der Waals surface area contributed by atoms with Crippen molar-refractivity contribution in [1.29, 1.82) is 0 Å². The molecular formula is C17H21NO. The van der Waals surface area contributed by atoms with E-state index >= 15 is 0 Å². The fourth-order valence-corrected chi connectivity index (χ4v) is 2.49. The Balaban J connectivity index is 2.63. The fraction of sp³-hybridized carbons (Fsp3) is 0.353. The second-order valence-electron chi connectivity index (χ2n) is 4.70. The van der Waals surface area contributed by atoms with E-state index in [0.717, 1.165) is 12.8 Å². The number of nitrogens with zero attached hydrogens (tertiary/aromatic N) is 1. The first-order valence-corrected chi connectivity index (χ1v) is 6.83. The quantitative estimate of drug-likeness (QED) is 0.817. The van der Waals surface area contributed by atoms with Crippen molar-refractivity contribution in [3.8, 4) is 17.0 Å². The monoisotopic (exact) mass is 255 g/mol. The molecule has 100 valence electrons. The van der Waals surface area contributed by atoms with E-state index < -0.39 is 0 Å². The number of aromatic nitrogens is 1. The molecule has 0 bridgehead atoms. The summed E-state index contributed by atoms with van der Waals surface area (Å²) in [7, 11) is 1.65. The van der Waals surface area contributed by atoms with Crippen LogP contribution >= 0.6 is 0 Å². The van der Waals surface area contributed by atoms with E-state index in [1.165, 1.54) is 27.8 Å². The summed E-state index contributed by atoms with van der Waals surface area (Å²) in [5.74, 6) is 0.674. The van der Waals surface area contributed by atoms with Crippen LogP contribution in [0.2, 0.25) is 0 Å². The van der Waals surface area contributed by atoms with E-state index in [9.17, 15) is 0 Å². The fourth-order valence-electron chi connectivity index (χ4n) is 2.49. The van der Waals surface area contributed by atoms with E-state index in [-0.39, 0.29) is 0 Å². The maximum atomic E-state index is 5.19. The highest BCUT2D eigenvalue weighted by molar-refractivity contribution is 5.73. The molecule has 0 unspecified atom stereocenters. The summed E-state index contributed by atoms with van der Waals surface area (Å²) in [5, 5.41) is 0. The Bertz CT molecular complexity index is 553. The molecular weight excluding hydrogens is 234 g/mol. The minimum Gasteiger partial charge on any atom is -0.481 e. The molecule has 0 atom stereocenters. The Labute approximate surface area is 115 Å². The van der Waals surface area contributed by atoms with Crippen molar-refractivity contribution >= 4 is 0 Å². The zero-order chi connectivity index (χ0) is 13.8. The molecule has 0 amide bonds. The first kappa shape index (κ1) is 13.6. The summed E-state index contributed by atoms with van der Waals surface area (Å²) in [6, 6.07) is 8.56. The highest BCUT2D eigenvalue weighted by atomic mass is 16.5. The normalized spacial score (nSPS) is 10.5. The molecule has 2 heteroatoms. The minimum absolute atomic E-state index is 0.674. The van der Waals surface area contributed by atoms with Crippen LogP contribution in [0.15, 0.2) is 30.5 Å². The van der Waals surface area contributed by atoms with Crippen molar-refractivity contribution in [3.63, 3.8) is 0 Å². The van der Waals surface area contributed by atoms with E-state index in [1.807, 2.05) is 12.3 Å². The van der Waals surface area contributed by atoms with Gasteiger partial charge in [-0.2, -0.15) is 0 Å². The van der Waals surface area contributed by atoms with Crippen molar-refractivity contribution in [1.82, 2.24) is 4.98 Å². The van der Waals surface area contributed by atoms with Gasteiger partial charge in [0, 0.05) is 17.8 Å².